The lowest BCUT2D eigenvalue weighted by atomic mass is 10.00. The quantitative estimate of drug-likeness (QED) is 0.686. The highest BCUT2D eigenvalue weighted by Gasteiger charge is 2.35. The number of aliphatic hydroxyl groups excluding tert-OH is 1. The van der Waals surface area contributed by atoms with Crippen LogP contribution in [-0.2, 0) is 9.53 Å². The Morgan fingerprint density at radius 3 is 2.29 bits per heavy atom. The number of carboxylic acids is 1. The summed E-state index contributed by atoms with van der Waals surface area (Å²) in [7, 11) is 0. The van der Waals surface area contributed by atoms with Gasteiger partial charge in [-0.05, 0) is 27.2 Å². The number of aliphatic carboxylic acids is 1. The van der Waals surface area contributed by atoms with Crippen LogP contribution in [0.2, 0.25) is 0 Å². The normalized spacial score (nSPS) is 19.8. The summed E-state index contributed by atoms with van der Waals surface area (Å²) in [6, 6.07) is 0. The molecule has 3 atom stereocenters. The van der Waals surface area contributed by atoms with Crippen molar-refractivity contribution >= 4 is 5.97 Å². The van der Waals surface area contributed by atoms with Crippen LogP contribution in [0.5, 0.6) is 0 Å². The van der Waals surface area contributed by atoms with E-state index >= 15 is 0 Å². The molecule has 0 bridgehead atoms. The molecule has 14 heavy (non-hydrogen) atoms. The van der Waals surface area contributed by atoms with Gasteiger partial charge in [0.15, 0.2) is 5.60 Å². The van der Waals surface area contributed by atoms with Crippen molar-refractivity contribution in [1.29, 1.82) is 0 Å². The molecular formula is C10H20O4. The van der Waals surface area contributed by atoms with E-state index in [0.29, 0.717) is 6.42 Å². The number of aliphatic hydroxyl groups is 1. The van der Waals surface area contributed by atoms with Crippen LogP contribution in [0, 0.1) is 0 Å². The number of ether oxygens (including phenoxy) is 1. The second-order valence-electron chi connectivity index (χ2n) is 3.85. The molecule has 0 aliphatic carbocycles. The summed E-state index contributed by atoms with van der Waals surface area (Å²) >= 11 is 0. The third-order valence-electron chi connectivity index (χ3n) is 2.30. The molecular weight excluding hydrogens is 184 g/mol. The Bertz CT molecular complexity index is 191. The fourth-order valence-corrected chi connectivity index (χ4v) is 1.20. The number of carboxylic acid groups (broad SMARTS) is 1. The van der Waals surface area contributed by atoms with Crippen molar-refractivity contribution in [1.82, 2.24) is 0 Å². The Morgan fingerprint density at radius 2 is 2.00 bits per heavy atom. The lowest BCUT2D eigenvalue weighted by Gasteiger charge is -2.29. The predicted molar refractivity (Wildman–Crippen MR) is 53.2 cm³/mol. The van der Waals surface area contributed by atoms with Gasteiger partial charge in [-0.15, -0.1) is 0 Å². The van der Waals surface area contributed by atoms with Crippen molar-refractivity contribution in [3.63, 3.8) is 0 Å². The molecule has 4 heteroatoms. The SMILES string of the molecule is CCCC(C)(OC(C)C(C)O)C(=O)O. The Kier molecular flexibility index (Phi) is 5.08. The molecule has 0 fully saturated rings. The average molecular weight is 204 g/mol. The van der Waals surface area contributed by atoms with E-state index in [0.717, 1.165) is 6.42 Å². The lowest BCUT2D eigenvalue weighted by molar-refractivity contribution is -0.177. The predicted octanol–water partition coefficient (Wildman–Crippen LogP) is 1.42. The highest BCUT2D eigenvalue weighted by atomic mass is 16.5. The second-order valence-corrected chi connectivity index (χ2v) is 3.85. The standard InChI is InChI=1S/C10H20O4/c1-5-6-10(4,9(12)13)14-8(3)7(2)11/h7-8,11H,5-6H2,1-4H3,(H,12,13). The average Bonchev–Trinajstić information content (AvgIpc) is 2.03. The van der Waals surface area contributed by atoms with Crippen molar-refractivity contribution in [2.24, 2.45) is 0 Å². The molecule has 4 nitrogen and oxygen atoms in total. The minimum absolute atomic E-state index is 0.444. The molecule has 0 amide bonds. The van der Waals surface area contributed by atoms with Crippen LogP contribution in [0.25, 0.3) is 0 Å². The maximum absolute atomic E-state index is 11.0. The zero-order valence-electron chi connectivity index (χ0n) is 9.28. The molecule has 0 aliphatic heterocycles. The van der Waals surface area contributed by atoms with E-state index in [1.54, 1.807) is 13.8 Å². The van der Waals surface area contributed by atoms with Gasteiger partial charge in [0.25, 0.3) is 0 Å². The van der Waals surface area contributed by atoms with E-state index in [1.165, 1.54) is 6.92 Å². The molecule has 2 N–H and O–H groups in total. The molecule has 0 aromatic heterocycles. The van der Waals surface area contributed by atoms with Gasteiger partial charge >= 0.3 is 5.97 Å². The number of carbonyl (C=O) groups is 1. The maximum Gasteiger partial charge on any atom is 0.335 e. The van der Waals surface area contributed by atoms with Gasteiger partial charge in [0, 0.05) is 0 Å². The van der Waals surface area contributed by atoms with Gasteiger partial charge in [-0.1, -0.05) is 13.3 Å². The molecule has 0 heterocycles. The van der Waals surface area contributed by atoms with E-state index in [2.05, 4.69) is 0 Å². The zero-order chi connectivity index (χ0) is 11.4. The van der Waals surface area contributed by atoms with Crippen molar-refractivity contribution in [3.05, 3.63) is 0 Å². The number of rotatable bonds is 6. The van der Waals surface area contributed by atoms with Crippen LogP contribution >= 0.6 is 0 Å². The summed E-state index contributed by atoms with van der Waals surface area (Å²) in [4.78, 5) is 11.0. The fourth-order valence-electron chi connectivity index (χ4n) is 1.20. The number of hydrogen-bond donors (Lipinski definition) is 2. The van der Waals surface area contributed by atoms with Crippen molar-refractivity contribution in [3.8, 4) is 0 Å². The first-order valence-electron chi connectivity index (χ1n) is 4.92. The molecule has 0 saturated carbocycles. The highest BCUT2D eigenvalue weighted by Crippen LogP contribution is 2.21. The van der Waals surface area contributed by atoms with Crippen LogP contribution in [0.1, 0.15) is 40.5 Å². The van der Waals surface area contributed by atoms with Gasteiger partial charge in [-0.25, -0.2) is 4.79 Å². The van der Waals surface area contributed by atoms with Gasteiger partial charge in [0.2, 0.25) is 0 Å². The largest absolute Gasteiger partial charge is 0.479 e. The summed E-state index contributed by atoms with van der Waals surface area (Å²) in [5, 5.41) is 18.2. The van der Waals surface area contributed by atoms with Crippen LogP contribution in [0.3, 0.4) is 0 Å². The third-order valence-corrected chi connectivity index (χ3v) is 2.30. The monoisotopic (exact) mass is 204 g/mol. The molecule has 0 rings (SSSR count). The Hall–Kier alpha value is -0.610. The summed E-state index contributed by atoms with van der Waals surface area (Å²) in [6.07, 6.45) is 0.0440. The first-order valence-corrected chi connectivity index (χ1v) is 4.92. The van der Waals surface area contributed by atoms with E-state index in [9.17, 15) is 9.90 Å². The van der Waals surface area contributed by atoms with Gasteiger partial charge in [-0.2, -0.15) is 0 Å². The van der Waals surface area contributed by atoms with Crippen LogP contribution in [0.15, 0.2) is 0 Å². The first kappa shape index (κ1) is 13.4. The van der Waals surface area contributed by atoms with E-state index in [1.807, 2.05) is 6.92 Å². The molecule has 0 radical (unpaired) electrons. The summed E-state index contributed by atoms with van der Waals surface area (Å²) in [6.45, 7) is 6.69. The zero-order valence-corrected chi connectivity index (χ0v) is 9.28. The Morgan fingerprint density at radius 1 is 1.50 bits per heavy atom. The van der Waals surface area contributed by atoms with E-state index in [-0.39, 0.29) is 0 Å². The fraction of sp³-hybridized carbons (Fsp3) is 0.900. The summed E-state index contributed by atoms with van der Waals surface area (Å²) < 4.78 is 5.35. The van der Waals surface area contributed by atoms with E-state index in [4.69, 9.17) is 9.84 Å². The molecule has 0 aromatic rings. The topological polar surface area (TPSA) is 66.8 Å². The first-order chi connectivity index (χ1) is 6.33. The van der Waals surface area contributed by atoms with Crippen LogP contribution in [0.4, 0.5) is 0 Å². The van der Waals surface area contributed by atoms with Crippen molar-refractivity contribution < 1.29 is 19.7 Å². The molecule has 0 saturated heterocycles. The minimum atomic E-state index is -1.19. The smallest absolute Gasteiger partial charge is 0.335 e. The minimum Gasteiger partial charge on any atom is -0.479 e. The highest BCUT2D eigenvalue weighted by molar-refractivity contribution is 5.76. The molecule has 0 spiro atoms. The van der Waals surface area contributed by atoms with Gasteiger partial charge in [0.1, 0.15) is 0 Å². The van der Waals surface area contributed by atoms with Crippen molar-refractivity contribution in [2.75, 3.05) is 0 Å². The van der Waals surface area contributed by atoms with Gasteiger partial charge in [-0.3, -0.25) is 0 Å². The molecule has 84 valence electrons. The van der Waals surface area contributed by atoms with Crippen LogP contribution < -0.4 is 0 Å². The maximum atomic E-state index is 11.0. The van der Waals surface area contributed by atoms with E-state index < -0.39 is 23.8 Å². The molecule has 3 unspecified atom stereocenters. The lowest BCUT2D eigenvalue weighted by Crippen LogP contribution is -2.43. The van der Waals surface area contributed by atoms with Gasteiger partial charge in [0.05, 0.1) is 12.2 Å². The van der Waals surface area contributed by atoms with Crippen LogP contribution in [-0.4, -0.2) is 34.0 Å². The third kappa shape index (κ3) is 3.64. The van der Waals surface area contributed by atoms with Crippen molar-refractivity contribution in [2.45, 2.75) is 58.3 Å². The summed E-state index contributed by atoms with van der Waals surface area (Å²) in [5.74, 6) is -0.980. The Labute approximate surface area is 84.9 Å². The molecule has 0 aromatic carbocycles. The molecule has 0 aliphatic rings. The Balaban J connectivity index is 4.44. The number of hydrogen-bond acceptors (Lipinski definition) is 3. The summed E-state index contributed by atoms with van der Waals surface area (Å²) in [5.41, 5.74) is -1.19. The van der Waals surface area contributed by atoms with Gasteiger partial charge < -0.3 is 14.9 Å². The second kappa shape index (κ2) is 5.32.